The van der Waals surface area contributed by atoms with E-state index in [4.69, 9.17) is 15.4 Å². The van der Waals surface area contributed by atoms with Crippen molar-refractivity contribution in [2.75, 3.05) is 12.3 Å². The van der Waals surface area contributed by atoms with E-state index in [2.05, 4.69) is 19.5 Å². The lowest BCUT2D eigenvalue weighted by atomic mass is 10.1. The molecular formula is C10H13FN5O6P. The molecule has 2 aromatic rings. The smallest absolute Gasteiger partial charge is 0.387 e. The number of nitrogens with two attached hydrogens (primary N) is 1. The summed E-state index contributed by atoms with van der Waals surface area (Å²) in [6, 6.07) is 0. The molecule has 5 atom stereocenters. The van der Waals surface area contributed by atoms with Gasteiger partial charge in [-0.25, -0.2) is 19.5 Å². The summed E-state index contributed by atoms with van der Waals surface area (Å²) in [6.45, 7) is -0.719. The third-order valence-electron chi connectivity index (χ3n) is 3.40. The van der Waals surface area contributed by atoms with Crippen molar-refractivity contribution in [1.82, 2.24) is 19.5 Å². The Morgan fingerprint density at radius 2 is 2.13 bits per heavy atom. The molecule has 3 heterocycles. The zero-order valence-electron chi connectivity index (χ0n) is 11.4. The first-order valence-electron chi connectivity index (χ1n) is 6.39. The van der Waals surface area contributed by atoms with Crippen LogP contribution in [0.25, 0.3) is 11.2 Å². The van der Waals surface area contributed by atoms with Gasteiger partial charge in [0, 0.05) is 0 Å². The van der Waals surface area contributed by atoms with Gasteiger partial charge >= 0.3 is 7.91 Å². The summed E-state index contributed by atoms with van der Waals surface area (Å²) in [4.78, 5) is 20.2. The first kappa shape index (κ1) is 16.2. The summed E-state index contributed by atoms with van der Waals surface area (Å²) in [5.41, 5.74) is 6.19. The Bertz CT molecular complexity index is 767. The number of hydrogen-bond donors (Lipinski definition) is 4. The number of fused-ring (bicyclic) bond motifs is 1. The number of ether oxygens (including phenoxy) is 1. The van der Waals surface area contributed by atoms with Gasteiger partial charge in [-0.2, -0.15) is 0 Å². The number of aromatic nitrogens is 4. The number of anilines is 1. The number of hydrogen-bond acceptors (Lipinski definition) is 9. The van der Waals surface area contributed by atoms with Crippen LogP contribution in [0.5, 0.6) is 0 Å². The Kier molecular flexibility index (Phi) is 4.04. The average molecular weight is 349 g/mol. The number of aliphatic hydroxyl groups is 2. The van der Waals surface area contributed by atoms with Gasteiger partial charge in [-0.05, 0) is 0 Å². The standard InChI is InChI=1S/C10H13FN5O6P/c11-23(19,20)21-1-4-6(17)7(18)10(22-4)16-3-15-5-8(12)13-2-14-9(5)16/h2-4,6-7,10,17-18H,1H2,(H,19,20)(H2,12,13,14)/t4-,6-,7-,10-/m1/s1. The fraction of sp³-hybridized carbons (Fsp3) is 0.500. The van der Waals surface area contributed by atoms with Crippen molar-refractivity contribution in [3.05, 3.63) is 12.7 Å². The van der Waals surface area contributed by atoms with Gasteiger partial charge in [-0.15, -0.1) is 4.20 Å². The van der Waals surface area contributed by atoms with Crippen LogP contribution in [-0.4, -0.2) is 59.5 Å². The molecule has 5 N–H and O–H groups in total. The predicted octanol–water partition coefficient (Wildman–Crippen LogP) is -0.886. The average Bonchev–Trinajstić information content (AvgIpc) is 3.01. The molecule has 0 spiro atoms. The first-order chi connectivity index (χ1) is 10.8. The summed E-state index contributed by atoms with van der Waals surface area (Å²) in [7, 11) is -5.22. The minimum atomic E-state index is -5.22. The molecule has 11 nitrogen and oxygen atoms in total. The molecular weight excluding hydrogens is 336 g/mol. The normalized spacial score (nSPS) is 30.6. The molecule has 0 amide bonds. The van der Waals surface area contributed by atoms with E-state index in [0.29, 0.717) is 0 Å². The van der Waals surface area contributed by atoms with E-state index in [-0.39, 0.29) is 17.0 Å². The van der Waals surface area contributed by atoms with Gasteiger partial charge in [0.2, 0.25) is 0 Å². The highest BCUT2D eigenvalue weighted by Gasteiger charge is 2.45. The van der Waals surface area contributed by atoms with Crippen molar-refractivity contribution in [3.63, 3.8) is 0 Å². The Morgan fingerprint density at radius 1 is 1.39 bits per heavy atom. The Balaban J connectivity index is 1.85. The van der Waals surface area contributed by atoms with Gasteiger partial charge in [-0.1, -0.05) is 0 Å². The zero-order chi connectivity index (χ0) is 16.8. The number of aliphatic hydroxyl groups excluding tert-OH is 2. The van der Waals surface area contributed by atoms with Gasteiger partial charge in [0.1, 0.15) is 30.2 Å². The number of halogens is 1. The second kappa shape index (κ2) is 5.74. The van der Waals surface area contributed by atoms with Crippen LogP contribution in [0, 0.1) is 0 Å². The van der Waals surface area contributed by atoms with Crippen LogP contribution < -0.4 is 5.73 Å². The molecule has 1 fully saturated rings. The van der Waals surface area contributed by atoms with E-state index in [1.54, 1.807) is 0 Å². The lowest BCUT2D eigenvalue weighted by molar-refractivity contribution is -0.0495. The monoisotopic (exact) mass is 349 g/mol. The molecule has 0 bridgehead atoms. The number of imidazole rings is 1. The van der Waals surface area contributed by atoms with Crippen molar-refractivity contribution < 1.29 is 33.1 Å². The Morgan fingerprint density at radius 3 is 2.83 bits per heavy atom. The van der Waals surface area contributed by atoms with E-state index in [9.17, 15) is 19.0 Å². The van der Waals surface area contributed by atoms with Gasteiger partial charge in [0.15, 0.2) is 17.7 Å². The second-order valence-corrected chi connectivity index (χ2v) is 6.04. The van der Waals surface area contributed by atoms with Crippen LogP contribution >= 0.6 is 7.91 Å². The third kappa shape index (κ3) is 3.04. The summed E-state index contributed by atoms with van der Waals surface area (Å²) < 4.78 is 33.8. The van der Waals surface area contributed by atoms with Crippen molar-refractivity contribution in [3.8, 4) is 0 Å². The molecule has 2 aromatic heterocycles. The third-order valence-corrected chi connectivity index (χ3v) is 3.86. The van der Waals surface area contributed by atoms with Crippen molar-refractivity contribution in [2.45, 2.75) is 24.5 Å². The van der Waals surface area contributed by atoms with Crippen molar-refractivity contribution in [1.29, 1.82) is 0 Å². The minimum Gasteiger partial charge on any atom is -0.387 e. The number of nitrogens with zero attached hydrogens (tertiary/aromatic N) is 4. The quantitative estimate of drug-likeness (QED) is 0.509. The van der Waals surface area contributed by atoms with Crippen LogP contribution in [-0.2, 0) is 13.8 Å². The molecule has 13 heteroatoms. The van der Waals surface area contributed by atoms with Gasteiger partial charge < -0.3 is 20.7 Å². The van der Waals surface area contributed by atoms with Gasteiger partial charge in [0.05, 0.1) is 12.9 Å². The van der Waals surface area contributed by atoms with E-state index < -0.39 is 39.1 Å². The maximum absolute atomic E-state index is 12.5. The number of nitrogen functional groups attached to an aromatic ring is 1. The summed E-state index contributed by atoms with van der Waals surface area (Å²) >= 11 is 0. The molecule has 0 aromatic carbocycles. The van der Waals surface area contributed by atoms with Crippen molar-refractivity contribution in [2.24, 2.45) is 0 Å². The molecule has 1 aliphatic heterocycles. The first-order valence-corrected chi connectivity index (χ1v) is 7.86. The van der Waals surface area contributed by atoms with Crippen LogP contribution in [0.2, 0.25) is 0 Å². The molecule has 0 aliphatic carbocycles. The lowest BCUT2D eigenvalue weighted by Gasteiger charge is -2.16. The Hall–Kier alpha value is -1.69. The molecule has 3 rings (SSSR count). The van der Waals surface area contributed by atoms with Crippen molar-refractivity contribution >= 4 is 24.9 Å². The van der Waals surface area contributed by atoms with Gasteiger partial charge in [-0.3, -0.25) is 14.0 Å². The highest BCUT2D eigenvalue weighted by Crippen LogP contribution is 2.44. The molecule has 0 saturated carbocycles. The maximum atomic E-state index is 12.5. The largest absolute Gasteiger partial charge is 0.510 e. The van der Waals surface area contributed by atoms with Crippen LogP contribution in [0.4, 0.5) is 10.0 Å². The highest BCUT2D eigenvalue weighted by atomic mass is 31.2. The highest BCUT2D eigenvalue weighted by molar-refractivity contribution is 7.46. The van der Waals surface area contributed by atoms with Crippen LogP contribution in [0.15, 0.2) is 12.7 Å². The second-order valence-electron chi connectivity index (χ2n) is 4.88. The summed E-state index contributed by atoms with van der Waals surface area (Å²) in [6.07, 6.45) is -2.75. The van der Waals surface area contributed by atoms with Crippen LogP contribution in [0.3, 0.4) is 0 Å². The van der Waals surface area contributed by atoms with E-state index >= 15 is 0 Å². The maximum Gasteiger partial charge on any atom is 0.510 e. The summed E-state index contributed by atoms with van der Waals surface area (Å²) in [5.74, 6) is 0.125. The van der Waals surface area contributed by atoms with E-state index in [1.807, 2.05) is 0 Å². The minimum absolute atomic E-state index is 0.125. The van der Waals surface area contributed by atoms with Gasteiger partial charge in [0.25, 0.3) is 0 Å². The molecule has 1 aliphatic rings. The zero-order valence-corrected chi connectivity index (χ0v) is 12.3. The van der Waals surface area contributed by atoms with E-state index in [1.165, 1.54) is 17.2 Å². The SMILES string of the molecule is Nc1ncnc2c1ncn2[C@@H]1O[C@H](COP(=O)(O)F)[C@@H](O)[C@H]1O. The predicted molar refractivity (Wildman–Crippen MR) is 72.5 cm³/mol. The van der Waals surface area contributed by atoms with E-state index in [0.717, 1.165) is 0 Å². The molecule has 1 unspecified atom stereocenters. The number of rotatable bonds is 4. The lowest BCUT2D eigenvalue weighted by Crippen LogP contribution is -2.33. The van der Waals surface area contributed by atoms with Crippen LogP contribution in [0.1, 0.15) is 6.23 Å². The fourth-order valence-electron chi connectivity index (χ4n) is 2.32. The molecule has 126 valence electrons. The molecule has 1 saturated heterocycles. The molecule has 0 radical (unpaired) electrons. The Labute approximate surface area is 128 Å². The fourth-order valence-corrected chi connectivity index (χ4v) is 2.65. The molecule has 23 heavy (non-hydrogen) atoms. The summed E-state index contributed by atoms with van der Waals surface area (Å²) in [5, 5.41) is 20.0. The topological polar surface area (TPSA) is 166 Å².